The van der Waals surface area contributed by atoms with Crippen LogP contribution in [0.4, 0.5) is 0 Å². The van der Waals surface area contributed by atoms with Crippen LogP contribution in [0.25, 0.3) is 0 Å². The van der Waals surface area contributed by atoms with Gasteiger partial charge < -0.3 is 10.8 Å². The minimum absolute atomic E-state index is 0.172. The van der Waals surface area contributed by atoms with E-state index in [9.17, 15) is 0 Å². The van der Waals surface area contributed by atoms with Crippen LogP contribution in [0.3, 0.4) is 0 Å². The Labute approximate surface area is 62.4 Å². The monoisotopic (exact) mass is 143 g/mol. The van der Waals surface area contributed by atoms with E-state index in [0.29, 0.717) is 5.92 Å². The van der Waals surface area contributed by atoms with E-state index in [1.165, 1.54) is 12.8 Å². The van der Waals surface area contributed by atoms with Gasteiger partial charge >= 0.3 is 0 Å². The van der Waals surface area contributed by atoms with Crippen molar-refractivity contribution in [2.24, 2.45) is 17.6 Å². The van der Waals surface area contributed by atoms with E-state index in [1.807, 2.05) is 6.92 Å². The normalized spacial score (nSPS) is 24.3. The summed E-state index contributed by atoms with van der Waals surface area (Å²) in [4.78, 5) is 0. The second-order valence-corrected chi connectivity index (χ2v) is 3.42. The Hall–Kier alpha value is -0.0800. The van der Waals surface area contributed by atoms with E-state index in [4.69, 9.17) is 10.8 Å². The Balaban J connectivity index is 2.19. The summed E-state index contributed by atoms with van der Waals surface area (Å²) < 4.78 is 0. The maximum Gasteiger partial charge on any atom is 0.0515 e. The predicted molar refractivity (Wildman–Crippen MR) is 41.6 cm³/mol. The number of aliphatic hydroxyl groups is 1. The highest BCUT2D eigenvalue weighted by molar-refractivity contribution is 4.82. The number of nitrogens with two attached hydrogens (primary N) is 1. The molecule has 1 fully saturated rings. The van der Waals surface area contributed by atoms with Gasteiger partial charge in [-0.05, 0) is 44.6 Å². The minimum Gasteiger partial charge on any atom is -0.393 e. The van der Waals surface area contributed by atoms with Gasteiger partial charge in [0.15, 0.2) is 0 Å². The first-order chi connectivity index (χ1) is 4.74. The van der Waals surface area contributed by atoms with Gasteiger partial charge in [-0.1, -0.05) is 0 Å². The molecule has 0 spiro atoms. The lowest BCUT2D eigenvalue weighted by molar-refractivity contribution is 0.156. The molecule has 0 bridgehead atoms. The number of rotatable bonds is 4. The van der Waals surface area contributed by atoms with Gasteiger partial charge in [-0.3, -0.25) is 0 Å². The second-order valence-electron chi connectivity index (χ2n) is 3.42. The molecule has 0 saturated heterocycles. The van der Waals surface area contributed by atoms with Crippen LogP contribution in [0.5, 0.6) is 0 Å². The smallest absolute Gasteiger partial charge is 0.0515 e. The standard InChI is InChI=1S/C8H17NO/c1-6(10)4-8(5-9)7-2-3-7/h6-8,10H,2-5,9H2,1H3. The summed E-state index contributed by atoms with van der Waals surface area (Å²) in [5.41, 5.74) is 5.55. The molecule has 60 valence electrons. The largest absolute Gasteiger partial charge is 0.393 e. The summed E-state index contributed by atoms with van der Waals surface area (Å²) in [7, 11) is 0. The third-order valence-electron chi connectivity index (χ3n) is 2.24. The van der Waals surface area contributed by atoms with Crippen molar-refractivity contribution < 1.29 is 5.11 Å². The van der Waals surface area contributed by atoms with Crippen LogP contribution in [-0.4, -0.2) is 17.8 Å². The molecule has 0 aromatic carbocycles. The highest BCUT2D eigenvalue weighted by Gasteiger charge is 2.30. The highest BCUT2D eigenvalue weighted by Crippen LogP contribution is 2.38. The molecule has 0 radical (unpaired) electrons. The summed E-state index contributed by atoms with van der Waals surface area (Å²) in [5.74, 6) is 1.42. The first-order valence-electron chi connectivity index (χ1n) is 4.12. The van der Waals surface area contributed by atoms with Crippen molar-refractivity contribution in [2.75, 3.05) is 6.54 Å². The third-order valence-corrected chi connectivity index (χ3v) is 2.24. The van der Waals surface area contributed by atoms with Crippen molar-refractivity contribution in [3.05, 3.63) is 0 Å². The van der Waals surface area contributed by atoms with Gasteiger partial charge in [-0.25, -0.2) is 0 Å². The minimum atomic E-state index is -0.172. The van der Waals surface area contributed by atoms with Crippen molar-refractivity contribution >= 4 is 0 Å². The average molecular weight is 143 g/mol. The molecule has 2 heteroatoms. The van der Waals surface area contributed by atoms with Gasteiger partial charge in [0.1, 0.15) is 0 Å². The molecule has 1 aliphatic rings. The summed E-state index contributed by atoms with van der Waals surface area (Å²) >= 11 is 0. The van der Waals surface area contributed by atoms with E-state index < -0.39 is 0 Å². The molecular formula is C8H17NO. The predicted octanol–water partition coefficient (Wildman–Crippen LogP) is 0.742. The second kappa shape index (κ2) is 3.35. The van der Waals surface area contributed by atoms with E-state index in [2.05, 4.69) is 0 Å². The molecule has 2 nitrogen and oxygen atoms in total. The lowest BCUT2D eigenvalue weighted by Gasteiger charge is -2.14. The maximum absolute atomic E-state index is 9.07. The van der Waals surface area contributed by atoms with Crippen LogP contribution in [0.15, 0.2) is 0 Å². The van der Waals surface area contributed by atoms with Gasteiger partial charge in [-0.15, -0.1) is 0 Å². The van der Waals surface area contributed by atoms with Gasteiger partial charge in [0.05, 0.1) is 6.10 Å². The van der Waals surface area contributed by atoms with Gasteiger partial charge in [0, 0.05) is 0 Å². The van der Waals surface area contributed by atoms with E-state index in [-0.39, 0.29) is 6.10 Å². The zero-order chi connectivity index (χ0) is 7.56. The first-order valence-corrected chi connectivity index (χ1v) is 4.12. The molecular weight excluding hydrogens is 126 g/mol. The van der Waals surface area contributed by atoms with Gasteiger partial charge in [0.25, 0.3) is 0 Å². The topological polar surface area (TPSA) is 46.2 Å². The molecule has 0 aromatic rings. The SMILES string of the molecule is CC(O)CC(CN)C1CC1. The van der Waals surface area contributed by atoms with Crippen molar-refractivity contribution in [3.63, 3.8) is 0 Å². The molecule has 0 aliphatic heterocycles. The zero-order valence-corrected chi connectivity index (χ0v) is 6.59. The lowest BCUT2D eigenvalue weighted by atomic mass is 9.97. The van der Waals surface area contributed by atoms with Crippen LogP contribution in [-0.2, 0) is 0 Å². The fraction of sp³-hybridized carbons (Fsp3) is 1.00. The van der Waals surface area contributed by atoms with Crippen LogP contribution >= 0.6 is 0 Å². The van der Waals surface area contributed by atoms with Crippen LogP contribution in [0, 0.1) is 11.8 Å². The van der Waals surface area contributed by atoms with Crippen LogP contribution < -0.4 is 5.73 Å². The van der Waals surface area contributed by atoms with E-state index in [0.717, 1.165) is 18.9 Å². The van der Waals surface area contributed by atoms with Crippen LogP contribution in [0.1, 0.15) is 26.2 Å². The lowest BCUT2D eigenvalue weighted by Crippen LogP contribution is -2.20. The number of hydrogen-bond donors (Lipinski definition) is 2. The molecule has 1 rings (SSSR count). The van der Waals surface area contributed by atoms with Crippen molar-refractivity contribution in [1.29, 1.82) is 0 Å². The molecule has 3 N–H and O–H groups in total. The fourth-order valence-electron chi connectivity index (χ4n) is 1.49. The highest BCUT2D eigenvalue weighted by atomic mass is 16.3. The summed E-state index contributed by atoms with van der Waals surface area (Å²) in [6.45, 7) is 2.58. The molecule has 0 heterocycles. The molecule has 2 atom stereocenters. The quantitative estimate of drug-likeness (QED) is 0.609. The third kappa shape index (κ3) is 2.27. The Morgan fingerprint density at radius 1 is 1.60 bits per heavy atom. The summed E-state index contributed by atoms with van der Waals surface area (Å²) in [6.07, 6.45) is 3.37. The molecule has 0 amide bonds. The van der Waals surface area contributed by atoms with E-state index >= 15 is 0 Å². The Morgan fingerprint density at radius 3 is 2.50 bits per heavy atom. The van der Waals surface area contributed by atoms with Gasteiger partial charge in [-0.2, -0.15) is 0 Å². The fourth-order valence-corrected chi connectivity index (χ4v) is 1.49. The molecule has 10 heavy (non-hydrogen) atoms. The van der Waals surface area contributed by atoms with E-state index in [1.54, 1.807) is 0 Å². The molecule has 1 aliphatic carbocycles. The number of hydrogen-bond acceptors (Lipinski definition) is 2. The molecule has 0 aromatic heterocycles. The van der Waals surface area contributed by atoms with Crippen molar-refractivity contribution in [1.82, 2.24) is 0 Å². The Bertz CT molecular complexity index is 99.4. The Morgan fingerprint density at radius 2 is 2.20 bits per heavy atom. The maximum atomic E-state index is 9.07. The summed E-state index contributed by atoms with van der Waals surface area (Å²) in [6, 6.07) is 0. The zero-order valence-electron chi connectivity index (χ0n) is 6.59. The van der Waals surface area contributed by atoms with Crippen molar-refractivity contribution in [2.45, 2.75) is 32.3 Å². The van der Waals surface area contributed by atoms with Crippen molar-refractivity contribution in [3.8, 4) is 0 Å². The Kier molecular flexibility index (Phi) is 2.69. The summed E-state index contributed by atoms with van der Waals surface area (Å²) in [5, 5.41) is 9.07. The first kappa shape index (κ1) is 8.02. The van der Waals surface area contributed by atoms with Crippen LogP contribution in [0.2, 0.25) is 0 Å². The average Bonchev–Trinajstić information content (AvgIpc) is 2.63. The number of aliphatic hydroxyl groups excluding tert-OH is 1. The molecule has 1 saturated carbocycles. The van der Waals surface area contributed by atoms with Gasteiger partial charge in [0.2, 0.25) is 0 Å². The molecule has 2 unspecified atom stereocenters.